The van der Waals surface area contributed by atoms with E-state index in [0.717, 1.165) is 0 Å². The van der Waals surface area contributed by atoms with E-state index in [1.54, 1.807) is 40.0 Å². The number of carbonyl (C=O) groups is 2. The summed E-state index contributed by atoms with van der Waals surface area (Å²) in [5.41, 5.74) is 0.427. The van der Waals surface area contributed by atoms with Gasteiger partial charge in [0.25, 0.3) is 0 Å². The second-order valence-electron chi connectivity index (χ2n) is 8.38. The number of allylic oxidation sites excluding steroid dienone is 2. The molecule has 1 aliphatic rings. The minimum atomic E-state index is -1.16. The fraction of sp³-hybridized carbons (Fsp3) is 0.429. The van der Waals surface area contributed by atoms with Crippen LogP contribution < -0.4 is 5.32 Å². The minimum Gasteiger partial charge on any atom is -0.477 e. The molecule has 10 nitrogen and oxygen atoms in total. The van der Waals surface area contributed by atoms with Gasteiger partial charge in [-0.1, -0.05) is 0 Å². The summed E-state index contributed by atoms with van der Waals surface area (Å²) in [7, 11) is 0. The van der Waals surface area contributed by atoms with Gasteiger partial charge in [0.2, 0.25) is 0 Å². The van der Waals surface area contributed by atoms with Gasteiger partial charge in [0, 0.05) is 25.4 Å². The summed E-state index contributed by atoms with van der Waals surface area (Å²) < 4.78 is 20.8. The molecule has 2 aromatic rings. The molecular weight excluding hydrogens is 421 g/mol. The van der Waals surface area contributed by atoms with E-state index in [2.05, 4.69) is 15.4 Å². The number of nitrogens with zero attached hydrogens (tertiary/aromatic N) is 4. The molecule has 32 heavy (non-hydrogen) atoms. The van der Waals surface area contributed by atoms with Crippen molar-refractivity contribution in [2.45, 2.75) is 45.8 Å². The minimum absolute atomic E-state index is 0.0242. The third kappa shape index (κ3) is 6.03. The average Bonchev–Trinajstić information content (AvgIpc) is 3.02. The van der Waals surface area contributed by atoms with Crippen LogP contribution in [0.15, 0.2) is 42.1 Å². The molecule has 1 unspecified atom stereocenters. The molecule has 0 saturated heterocycles. The van der Waals surface area contributed by atoms with Crippen LogP contribution in [0.25, 0.3) is 5.65 Å². The number of halogens is 1. The maximum atomic E-state index is 14.2. The first kappa shape index (κ1) is 23.2. The van der Waals surface area contributed by atoms with E-state index in [1.165, 1.54) is 28.1 Å². The maximum Gasteiger partial charge on any atom is 0.407 e. The second-order valence-corrected chi connectivity index (χ2v) is 8.38. The number of fused-ring (bicyclic) bond motifs is 1. The van der Waals surface area contributed by atoms with E-state index >= 15 is 0 Å². The molecule has 1 aliphatic heterocycles. The van der Waals surface area contributed by atoms with E-state index in [4.69, 9.17) is 9.57 Å². The highest BCUT2D eigenvalue weighted by molar-refractivity contribution is 5.95. The van der Waals surface area contributed by atoms with E-state index in [-0.39, 0.29) is 36.4 Å². The number of aromatic carboxylic acids is 1. The monoisotopic (exact) mass is 447 g/mol. The topological polar surface area (TPSA) is 118 Å². The van der Waals surface area contributed by atoms with Gasteiger partial charge in [-0.15, -0.1) is 0 Å². The van der Waals surface area contributed by atoms with Crippen molar-refractivity contribution < 1.29 is 28.7 Å². The zero-order valence-corrected chi connectivity index (χ0v) is 18.3. The molecule has 0 bridgehead atoms. The lowest BCUT2D eigenvalue weighted by atomic mass is 10.0. The number of amides is 1. The summed E-state index contributed by atoms with van der Waals surface area (Å²) in [5.74, 6) is -1.70. The van der Waals surface area contributed by atoms with Crippen LogP contribution >= 0.6 is 0 Å². The third-order valence-electron chi connectivity index (χ3n) is 4.29. The second kappa shape index (κ2) is 9.35. The van der Waals surface area contributed by atoms with Gasteiger partial charge in [0.15, 0.2) is 5.65 Å². The molecule has 0 radical (unpaired) electrons. The molecule has 2 aromatic heterocycles. The molecule has 0 aromatic carbocycles. The smallest absolute Gasteiger partial charge is 0.407 e. The van der Waals surface area contributed by atoms with Crippen molar-refractivity contribution >= 4 is 17.7 Å². The van der Waals surface area contributed by atoms with E-state index in [1.807, 2.05) is 0 Å². The number of ether oxygens (including phenoxy) is 1. The Kier molecular flexibility index (Phi) is 6.78. The lowest BCUT2D eigenvalue weighted by Crippen LogP contribution is -2.39. The van der Waals surface area contributed by atoms with Crippen molar-refractivity contribution in [3.63, 3.8) is 0 Å². The number of carboxylic acid groups (broad SMARTS) is 1. The highest BCUT2D eigenvalue weighted by atomic mass is 19.1. The van der Waals surface area contributed by atoms with Crippen LogP contribution in [0.1, 0.15) is 43.7 Å². The molecule has 172 valence electrons. The van der Waals surface area contributed by atoms with Crippen LogP contribution in [0.2, 0.25) is 0 Å². The molecule has 3 heterocycles. The number of carbonyl (C=O) groups excluding carboxylic acids is 1. The fourth-order valence-electron chi connectivity index (χ4n) is 3.14. The molecule has 0 fully saturated rings. The zero-order valence-electron chi connectivity index (χ0n) is 18.3. The number of aromatic nitrogens is 3. The number of hydrogen-bond donors (Lipinski definition) is 2. The van der Waals surface area contributed by atoms with E-state index in [0.29, 0.717) is 5.57 Å². The lowest BCUT2D eigenvalue weighted by Gasteiger charge is -2.28. The Bertz CT molecular complexity index is 1070. The van der Waals surface area contributed by atoms with Gasteiger partial charge in [-0.3, -0.25) is 9.90 Å². The van der Waals surface area contributed by atoms with Crippen molar-refractivity contribution in [2.75, 3.05) is 13.1 Å². The van der Waals surface area contributed by atoms with Crippen LogP contribution in [-0.2, 0) is 16.0 Å². The number of nitrogens with one attached hydrogen (secondary N) is 1. The Morgan fingerprint density at radius 3 is 2.81 bits per heavy atom. The Morgan fingerprint density at radius 1 is 1.38 bits per heavy atom. The van der Waals surface area contributed by atoms with Crippen LogP contribution in [0, 0.1) is 0 Å². The normalized spacial score (nSPS) is 15.2. The molecule has 0 aliphatic carbocycles. The maximum absolute atomic E-state index is 14.2. The van der Waals surface area contributed by atoms with E-state index < -0.39 is 29.6 Å². The summed E-state index contributed by atoms with van der Waals surface area (Å²) in [6, 6.07) is 1.64. The summed E-state index contributed by atoms with van der Waals surface area (Å²) in [6.07, 6.45) is 4.66. The molecule has 0 spiro atoms. The summed E-state index contributed by atoms with van der Waals surface area (Å²) in [4.78, 5) is 33.3. The van der Waals surface area contributed by atoms with Crippen molar-refractivity contribution in [3.05, 3.63) is 53.4 Å². The zero-order chi connectivity index (χ0) is 23.5. The molecule has 1 atom stereocenters. The molecule has 1 amide bonds. The number of carboxylic acids is 1. The van der Waals surface area contributed by atoms with Gasteiger partial charge in [-0.25, -0.2) is 23.5 Å². The molecule has 11 heteroatoms. The highest BCUT2D eigenvalue weighted by Crippen LogP contribution is 2.22. The largest absolute Gasteiger partial charge is 0.477 e. The van der Waals surface area contributed by atoms with Gasteiger partial charge in [0.05, 0.1) is 18.4 Å². The van der Waals surface area contributed by atoms with Crippen molar-refractivity contribution in [2.24, 2.45) is 0 Å². The van der Waals surface area contributed by atoms with Crippen LogP contribution in [0.5, 0.6) is 0 Å². The van der Waals surface area contributed by atoms with Gasteiger partial charge < -0.3 is 15.2 Å². The lowest BCUT2D eigenvalue weighted by molar-refractivity contribution is -0.153. The predicted molar refractivity (Wildman–Crippen MR) is 112 cm³/mol. The van der Waals surface area contributed by atoms with Gasteiger partial charge in [-0.05, 0) is 45.4 Å². The average molecular weight is 447 g/mol. The standard InChI is InChI=1S/C21H26FN5O5/c1-13(10-24-20(30)31-21(2,3)4)32-26-11-14(8-15(22)12-26)9-16-17(19(28)29)18-23-6-5-7-27(18)25-16/h5-8,12-13H,9-11H2,1-4H3,(H,24,30)(H,28,29). The van der Waals surface area contributed by atoms with Gasteiger partial charge in [-0.2, -0.15) is 5.10 Å². The van der Waals surface area contributed by atoms with Crippen LogP contribution in [0.4, 0.5) is 9.18 Å². The first-order valence-corrected chi connectivity index (χ1v) is 10.0. The summed E-state index contributed by atoms with van der Waals surface area (Å²) in [5, 5.41) is 17.8. The number of rotatable bonds is 7. The number of alkyl carbamates (subject to hydrolysis) is 1. The van der Waals surface area contributed by atoms with Crippen molar-refractivity contribution in [1.29, 1.82) is 0 Å². The van der Waals surface area contributed by atoms with Gasteiger partial charge >= 0.3 is 12.1 Å². The van der Waals surface area contributed by atoms with Crippen LogP contribution in [0.3, 0.4) is 0 Å². The first-order valence-electron chi connectivity index (χ1n) is 10.0. The van der Waals surface area contributed by atoms with Crippen LogP contribution in [-0.4, -0.2) is 61.6 Å². The Balaban J connectivity index is 1.63. The van der Waals surface area contributed by atoms with Gasteiger partial charge in [0.1, 0.15) is 23.1 Å². The highest BCUT2D eigenvalue weighted by Gasteiger charge is 2.24. The Labute approximate surface area is 184 Å². The number of hydrogen-bond acceptors (Lipinski definition) is 7. The van der Waals surface area contributed by atoms with Crippen molar-refractivity contribution in [1.82, 2.24) is 25.0 Å². The quantitative estimate of drug-likeness (QED) is 0.665. The Hall–Kier alpha value is -3.47. The SMILES string of the molecule is CC(CNC(=O)OC(C)(C)C)ON1C=C(F)C=C(Cc2nn3cccnc3c2C(=O)O)C1. The third-order valence-corrected chi connectivity index (χ3v) is 4.29. The molecule has 0 saturated carbocycles. The Morgan fingerprint density at radius 2 is 2.12 bits per heavy atom. The fourth-order valence-corrected chi connectivity index (χ4v) is 3.14. The summed E-state index contributed by atoms with van der Waals surface area (Å²) in [6.45, 7) is 7.35. The first-order chi connectivity index (χ1) is 15.0. The number of hydroxylamine groups is 2. The molecule has 3 rings (SSSR count). The van der Waals surface area contributed by atoms with Crippen molar-refractivity contribution in [3.8, 4) is 0 Å². The summed E-state index contributed by atoms with van der Waals surface area (Å²) >= 11 is 0. The predicted octanol–water partition coefficient (Wildman–Crippen LogP) is 2.87. The molecular formula is C21H26FN5O5. The van der Waals surface area contributed by atoms with E-state index in [9.17, 15) is 19.1 Å². The molecule has 2 N–H and O–H groups in total.